The van der Waals surface area contributed by atoms with E-state index in [1.54, 1.807) is 36.5 Å². The first kappa shape index (κ1) is 103. The van der Waals surface area contributed by atoms with Gasteiger partial charge in [-0.25, -0.2) is 0 Å². The Hall–Kier alpha value is -1.76. The molecule has 8 heterocycles. The van der Waals surface area contributed by atoms with Crippen LogP contribution in [0.1, 0.15) is 342 Å². The molecule has 18 heteroatoms. The highest BCUT2D eigenvalue weighted by Gasteiger charge is 2.90. The molecule has 0 radical (unpaired) electrons. The van der Waals surface area contributed by atoms with Crippen molar-refractivity contribution in [1.82, 2.24) is 19.6 Å². The Bertz CT molecular complexity index is 4930. The number of likely N-dealkylation sites (tertiary alicyclic amines) is 4. The number of rotatable bonds is 16. The summed E-state index contributed by atoms with van der Waals surface area (Å²) < 4.78 is 51.8. The summed E-state index contributed by atoms with van der Waals surface area (Å²) in [6.07, 6.45) is 54.8. The lowest BCUT2D eigenvalue weighted by Gasteiger charge is -2.50. The van der Waals surface area contributed by atoms with E-state index in [-0.39, 0.29) is 60.0 Å². The Morgan fingerprint density at radius 2 is 0.611 bits per heavy atom. The van der Waals surface area contributed by atoms with Crippen LogP contribution in [0.5, 0.6) is 0 Å². The Morgan fingerprint density at radius 1 is 0.326 bits per heavy atom. The van der Waals surface area contributed by atoms with Gasteiger partial charge in [0, 0.05) is 136 Å². The largest absolute Gasteiger partial charge is 0.395 e. The molecular weight excluding hydrogens is 1790 g/mol. The van der Waals surface area contributed by atoms with Crippen molar-refractivity contribution in [2.45, 2.75) is 437 Å². The normalized spacial score (nSPS) is 57.4. The van der Waals surface area contributed by atoms with Gasteiger partial charge in [-0.3, -0.25) is 19.6 Å². The molecule has 8 spiro atoms. The quantitative estimate of drug-likeness (QED) is 0.0627. The number of ether oxygens (including phenoxy) is 8. The number of hydrogen-bond donors (Lipinski definition) is 6. The second-order valence-electron chi connectivity index (χ2n) is 59.5. The second-order valence-corrected chi connectivity index (χ2v) is 59.5. The van der Waals surface area contributed by atoms with Crippen LogP contribution in [0.4, 0.5) is 0 Å². The minimum atomic E-state index is -0.212. The van der Waals surface area contributed by atoms with Crippen molar-refractivity contribution in [3.8, 4) is 0 Å². The zero-order valence-corrected chi connectivity index (χ0v) is 93.3. The molecule has 6 N–H and O–H groups in total. The summed E-state index contributed by atoms with van der Waals surface area (Å²) in [6.45, 7) is 53.5. The van der Waals surface area contributed by atoms with Crippen molar-refractivity contribution in [3.63, 3.8) is 0 Å². The fraction of sp³-hybridized carbons (Fsp3) is 0.937. The van der Waals surface area contributed by atoms with Crippen molar-refractivity contribution < 1.29 is 68.5 Å². The van der Waals surface area contributed by atoms with E-state index in [0.717, 1.165) is 162 Å². The van der Waals surface area contributed by atoms with Crippen molar-refractivity contribution in [2.75, 3.05) is 119 Å². The predicted octanol–water partition coefficient (Wildman–Crippen LogP) is 20.5. The number of hydrogen-bond acceptors (Lipinski definition) is 18. The maximum Gasteiger partial charge on any atom is 0.0787 e. The molecule has 8 aliphatic heterocycles. The third-order valence-corrected chi connectivity index (χ3v) is 54.6. The topological polar surface area (TPSA) is 208 Å². The Morgan fingerprint density at radius 3 is 0.917 bits per heavy atom. The van der Waals surface area contributed by atoms with Gasteiger partial charge in [-0.1, -0.05) is 157 Å². The van der Waals surface area contributed by atoms with E-state index >= 15 is 0 Å². The van der Waals surface area contributed by atoms with Gasteiger partial charge in [0.15, 0.2) is 0 Å². The summed E-state index contributed by atoms with van der Waals surface area (Å²) in [6, 6.07) is 2.00. The van der Waals surface area contributed by atoms with Crippen LogP contribution in [0.25, 0.3) is 0 Å². The summed E-state index contributed by atoms with van der Waals surface area (Å²) in [5.74, 6) is 15.0. The van der Waals surface area contributed by atoms with Crippen molar-refractivity contribution >= 4 is 0 Å². The highest BCUT2D eigenvalue weighted by molar-refractivity contribution is 5.43. The molecule has 18 nitrogen and oxygen atoms in total. The fourth-order valence-electron chi connectivity index (χ4n) is 48.1. The first-order valence-corrected chi connectivity index (χ1v) is 61.3. The molecule has 0 bridgehead atoms. The average molecular weight is 1990 g/mol. The molecule has 0 aromatic carbocycles. The first-order valence-electron chi connectivity index (χ1n) is 61.3. The number of β-amino-alcohol motifs (C(OH)–C–C–N with tert-alkyl or cyclic N) is 2. The van der Waals surface area contributed by atoms with E-state index in [0.29, 0.717) is 187 Å². The van der Waals surface area contributed by atoms with E-state index in [4.69, 9.17) is 37.9 Å². The monoisotopic (exact) mass is 1990 g/mol. The summed E-state index contributed by atoms with van der Waals surface area (Å²) in [5.41, 5.74) is 10.9. The third-order valence-electron chi connectivity index (χ3n) is 54.6. The third kappa shape index (κ3) is 14.2. The van der Waals surface area contributed by atoms with Crippen LogP contribution in [-0.4, -0.2) is 265 Å². The van der Waals surface area contributed by atoms with Crippen LogP contribution >= 0.6 is 0 Å². The molecule has 8 saturated heterocycles. The zero-order chi connectivity index (χ0) is 100. The Balaban J connectivity index is 0.000000101. The van der Waals surface area contributed by atoms with Crippen LogP contribution in [0.15, 0.2) is 46.6 Å². The number of piperidine rings is 4. The standard InChI is InChI=1S/2C33H53NO4.2C30H47NO3/c2*1-21-16-28-29(34(19-21)12-13-37-15-14-36-5)22(2)33(38-28)11-9-26-25-7-6-23-17-24(35)8-10-30(23,3)27(25)18-32(26)20-31(32,33)4;2*1-18-13-25-26(31(16-18)11-12-32)19(2)30(34-25)10-8-23-22-6-5-20-14-21(33)7-9-27(20,3)24(22)15-29(23)17-28(29,30)4/h17,21-22,24-29,35H,6-16,18-20H2,1-5H3;6,21-22,24-29,35H,7-20H2,1-5H3;14,18-19,21-26,32-33H,5-13,15-17H2,1-4H3;5,18-19,21-26,32-33H,6-17H2,1-4H3/t2*21-,22+,24-,25-,26-,27-,28+,29-,30-,31?,32?,33+;2*18-,19+,21-,22-,23-,24-,25+,26-,27-,28?,29?,30+/m0000/s1. The van der Waals surface area contributed by atoms with E-state index in [9.17, 15) is 30.6 Å². The van der Waals surface area contributed by atoms with E-state index < -0.39 is 0 Å². The molecule has 8 unspecified atom stereocenters. The zero-order valence-electron chi connectivity index (χ0n) is 93.3. The number of methoxy groups -OCH3 is 2. The molecule has 144 heavy (non-hydrogen) atoms. The van der Waals surface area contributed by atoms with Gasteiger partial charge in [0.25, 0.3) is 0 Å². The van der Waals surface area contributed by atoms with Gasteiger partial charge >= 0.3 is 0 Å². The minimum absolute atomic E-state index is 0.0179. The van der Waals surface area contributed by atoms with E-state index in [1.165, 1.54) is 206 Å². The molecule has 28 aliphatic rings. The maximum atomic E-state index is 10.4. The average Bonchev–Trinajstić information content (AvgIpc) is 1.47. The number of aliphatic hydroxyl groups excluding tert-OH is 6. The summed E-state index contributed by atoms with van der Waals surface area (Å²) in [4.78, 5) is 10.7. The van der Waals surface area contributed by atoms with Crippen LogP contribution in [0.3, 0.4) is 0 Å². The van der Waals surface area contributed by atoms with Gasteiger partial charge in [0.1, 0.15) is 0 Å². The number of fused-ring (bicyclic) bond motifs is 24. The summed E-state index contributed by atoms with van der Waals surface area (Å²) >= 11 is 0. The molecule has 0 aromatic rings. The molecule has 20 aliphatic carbocycles. The molecular formula is C126H200N4O14. The predicted molar refractivity (Wildman–Crippen MR) is 564 cm³/mol. The molecule has 0 aromatic heterocycles. The van der Waals surface area contributed by atoms with E-state index in [2.05, 4.69) is 155 Å². The fourth-order valence-corrected chi connectivity index (χ4v) is 48.1. The van der Waals surface area contributed by atoms with Crippen molar-refractivity contribution in [3.05, 3.63) is 46.6 Å². The highest BCUT2D eigenvalue weighted by atomic mass is 16.5. The minimum Gasteiger partial charge on any atom is -0.395 e. The number of allylic oxidation sites excluding steroid dienone is 4. The number of nitrogens with zero attached hydrogens (tertiary/aromatic N) is 4. The maximum absolute atomic E-state index is 10.4. The SMILES string of the molecule is COCCOCCN1C[C@@H](C)C[C@H]2O[C@]3(CC[C@H]4[C@@H]5CC=C6C[C@@H](O)CC[C@]6(C)[C@H]5CC45CC53C)[C@H](C)[C@@H]21.COCCOCCN1C[C@@H](C)C[C@H]2O[C@]3(CC[C@H]4[C@@H]5CCC6=C[C@@H](O)CC[C@]6(C)[C@H]5CC45CC53C)[C@H](C)[C@@H]21.C[C@H]1C[C@H]2O[C@]3(CC[C@H]4[C@@H]5CC=C6C[C@@H](O)CC[C@]6(C)[C@H]5CC45CC53C)[C@H](C)[C@@H]2N(CCO)C1.C[C@H]1C[C@H]2O[C@]3(CC[C@H]4[C@@H]5CCC6=C[C@@H](O)CC[C@]6(C)[C@H]5CC45CC53C)[C@H](C)[C@@H]2N(CCO)C1. The molecule has 28 rings (SSSR count). The van der Waals surface area contributed by atoms with Gasteiger partial charge in [0.2, 0.25) is 0 Å². The van der Waals surface area contributed by atoms with Crippen LogP contribution in [0.2, 0.25) is 0 Å². The lowest BCUT2D eigenvalue weighted by molar-refractivity contribution is -0.148. The van der Waals surface area contributed by atoms with Gasteiger partial charge in [-0.05, 0) is 369 Å². The summed E-state index contributed by atoms with van der Waals surface area (Å²) in [5, 5.41) is 61.2. The molecule has 808 valence electrons. The smallest absolute Gasteiger partial charge is 0.0787 e. The first-order chi connectivity index (χ1) is 68.8. The Labute approximate surface area is 869 Å². The molecule has 16 saturated carbocycles. The van der Waals surface area contributed by atoms with Crippen LogP contribution in [0, 0.1) is 183 Å². The van der Waals surface area contributed by atoms with Gasteiger partial charge in [-0.2, -0.15) is 0 Å². The Kier molecular flexibility index (Phi) is 25.6. The highest BCUT2D eigenvalue weighted by Crippen LogP contribution is 2.93. The van der Waals surface area contributed by atoms with Gasteiger partial charge in [0.05, 0.1) is 124 Å². The van der Waals surface area contributed by atoms with E-state index in [1.807, 2.05) is 0 Å². The van der Waals surface area contributed by atoms with Gasteiger partial charge in [-0.15, -0.1) is 0 Å². The summed E-state index contributed by atoms with van der Waals surface area (Å²) in [7, 11) is 3.48. The van der Waals surface area contributed by atoms with Crippen molar-refractivity contribution in [1.29, 1.82) is 0 Å². The lowest BCUT2D eigenvalue weighted by Crippen LogP contribution is -2.55. The molecule has 0 amide bonds. The van der Waals surface area contributed by atoms with Crippen molar-refractivity contribution in [2.24, 2.45) is 183 Å². The van der Waals surface area contributed by atoms with Crippen LogP contribution in [-0.2, 0) is 37.9 Å². The lowest BCUT2D eigenvalue weighted by atomic mass is 9.56. The second kappa shape index (κ2) is 35.9. The molecule has 48 atom stereocenters. The number of aliphatic hydroxyl groups is 6. The molecule has 24 fully saturated rings. The van der Waals surface area contributed by atoms with Crippen LogP contribution < -0.4 is 0 Å². The van der Waals surface area contributed by atoms with Gasteiger partial charge < -0.3 is 68.5 Å².